The highest BCUT2D eigenvalue weighted by Crippen LogP contribution is 2.50. The first-order valence-electron chi connectivity index (χ1n) is 6.49. The van der Waals surface area contributed by atoms with Crippen LogP contribution in [0.5, 0.6) is 5.88 Å². The first-order valence-corrected chi connectivity index (χ1v) is 6.86. The lowest BCUT2D eigenvalue weighted by Gasteiger charge is -2.11. The van der Waals surface area contributed by atoms with Crippen LogP contribution >= 0.6 is 11.6 Å². The molecule has 4 rings (SSSR count). The van der Waals surface area contributed by atoms with Crippen molar-refractivity contribution in [2.45, 2.75) is 31.2 Å². The third-order valence-corrected chi connectivity index (χ3v) is 4.56. The number of aromatic hydroxyl groups is 1. The molecule has 1 N–H and O–H groups in total. The molecule has 1 aromatic heterocycles. The van der Waals surface area contributed by atoms with Crippen LogP contribution in [0.3, 0.4) is 0 Å². The van der Waals surface area contributed by atoms with Gasteiger partial charge in [0.2, 0.25) is 5.88 Å². The average Bonchev–Trinajstić information content (AvgIpc) is 3.04. The Morgan fingerprint density at radius 2 is 2.16 bits per heavy atom. The van der Waals surface area contributed by atoms with Crippen LogP contribution in [0.1, 0.15) is 36.9 Å². The van der Waals surface area contributed by atoms with E-state index in [1.54, 1.807) is 28.8 Å². The molecule has 4 nitrogen and oxygen atoms in total. The maximum atomic E-state index is 12.5. The molecule has 1 aromatic carbocycles. The van der Waals surface area contributed by atoms with Gasteiger partial charge in [-0.2, -0.15) is 0 Å². The van der Waals surface area contributed by atoms with Gasteiger partial charge in [0.15, 0.2) is 0 Å². The van der Waals surface area contributed by atoms with E-state index in [1.807, 2.05) is 0 Å². The van der Waals surface area contributed by atoms with Gasteiger partial charge < -0.3 is 5.11 Å². The van der Waals surface area contributed by atoms with Gasteiger partial charge in [-0.3, -0.25) is 4.57 Å². The van der Waals surface area contributed by atoms with Crippen molar-refractivity contribution in [3.05, 3.63) is 45.5 Å². The third kappa shape index (κ3) is 1.38. The fraction of sp³-hybridized carbons (Fsp3) is 0.357. The standard InChI is InChI=1S/C14H13ClN2O2/c15-9-2-1-3-10(7-9)17-13(18)12-8-4-5-11(6-8)16(12)14(17)19/h1-3,7-8,11,18H,4-6H2/t8-,11+/m1/s1. The number of benzene rings is 1. The zero-order chi connectivity index (χ0) is 13.1. The molecule has 1 saturated carbocycles. The highest BCUT2D eigenvalue weighted by molar-refractivity contribution is 6.30. The number of hydrogen-bond donors (Lipinski definition) is 1. The molecule has 2 heterocycles. The highest BCUT2D eigenvalue weighted by Gasteiger charge is 2.42. The first kappa shape index (κ1) is 11.2. The van der Waals surface area contributed by atoms with Gasteiger partial charge in [0.1, 0.15) is 0 Å². The van der Waals surface area contributed by atoms with E-state index in [4.69, 9.17) is 11.6 Å². The first-order chi connectivity index (χ1) is 9.16. The van der Waals surface area contributed by atoms with E-state index in [-0.39, 0.29) is 17.6 Å². The molecule has 5 heteroatoms. The molecular formula is C14H13ClN2O2. The summed E-state index contributed by atoms with van der Waals surface area (Å²) in [7, 11) is 0. The molecule has 2 bridgehead atoms. The van der Waals surface area contributed by atoms with E-state index in [9.17, 15) is 9.90 Å². The Morgan fingerprint density at radius 3 is 2.89 bits per heavy atom. The SMILES string of the molecule is O=c1n(-c2cccc(Cl)c2)c(O)c2n1[C@H]1CC[C@@H]2C1. The van der Waals surface area contributed by atoms with E-state index in [0.29, 0.717) is 16.6 Å². The fourth-order valence-electron chi connectivity index (χ4n) is 3.54. The van der Waals surface area contributed by atoms with Crippen LogP contribution in [0.2, 0.25) is 5.02 Å². The van der Waals surface area contributed by atoms with Crippen molar-refractivity contribution in [3.8, 4) is 11.6 Å². The number of hydrogen-bond acceptors (Lipinski definition) is 2. The zero-order valence-electron chi connectivity index (χ0n) is 10.2. The predicted molar refractivity (Wildman–Crippen MR) is 72.3 cm³/mol. The molecule has 0 radical (unpaired) electrons. The van der Waals surface area contributed by atoms with E-state index < -0.39 is 0 Å². The summed E-state index contributed by atoms with van der Waals surface area (Å²) in [4.78, 5) is 12.5. The monoisotopic (exact) mass is 276 g/mol. The minimum Gasteiger partial charge on any atom is -0.493 e. The smallest absolute Gasteiger partial charge is 0.336 e. The normalized spacial score (nSPS) is 23.8. The lowest BCUT2D eigenvalue weighted by atomic mass is 10.1. The summed E-state index contributed by atoms with van der Waals surface area (Å²) < 4.78 is 3.14. The Labute approximate surface area is 114 Å². The van der Waals surface area contributed by atoms with E-state index in [0.717, 1.165) is 25.0 Å². The summed E-state index contributed by atoms with van der Waals surface area (Å²) in [6.07, 6.45) is 3.10. The van der Waals surface area contributed by atoms with Crippen LogP contribution in [-0.2, 0) is 0 Å². The molecule has 0 unspecified atom stereocenters. The maximum absolute atomic E-state index is 12.5. The summed E-state index contributed by atoms with van der Waals surface area (Å²) in [5.74, 6) is 0.414. The van der Waals surface area contributed by atoms with Crippen molar-refractivity contribution < 1.29 is 5.11 Å². The Balaban J connectivity index is 1.99. The Bertz CT molecular complexity index is 732. The van der Waals surface area contributed by atoms with Gasteiger partial charge in [0, 0.05) is 17.0 Å². The molecule has 98 valence electrons. The number of nitrogens with zero attached hydrogens (tertiary/aromatic N) is 2. The molecule has 1 aliphatic heterocycles. The van der Waals surface area contributed by atoms with Gasteiger partial charge in [-0.1, -0.05) is 17.7 Å². The summed E-state index contributed by atoms with van der Waals surface area (Å²) in [5.41, 5.74) is 1.28. The lowest BCUT2D eigenvalue weighted by Crippen LogP contribution is -2.25. The fourth-order valence-corrected chi connectivity index (χ4v) is 3.73. The van der Waals surface area contributed by atoms with E-state index in [2.05, 4.69) is 0 Å². The van der Waals surface area contributed by atoms with Gasteiger partial charge in [-0.15, -0.1) is 0 Å². The predicted octanol–water partition coefficient (Wildman–Crippen LogP) is 2.82. The number of rotatable bonds is 1. The second-order valence-electron chi connectivity index (χ2n) is 5.34. The molecule has 1 aliphatic carbocycles. The Morgan fingerprint density at radius 1 is 1.32 bits per heavy atom. The topological polar surface area (TPSA) is 47.2 Å². The summed E-state index contributed by atoms with van der Waals surface area (Å²) >= 11 is 5.96. The quantitative estimate of drug-likeness (QED) is 0.871. The molecule has 2 aromatic rings. The van der Waals surface area contributed by atoms with Crippen molar-refractivity contribution in [2.24, 2.45) is 0 Å². The summed E-state index contributed by atoms with van der Waals surface area (Å²) in [6, 6.07) is 7.27. The van der Waals surface area contributed by atoms with Crippen LogP contribution in [0.15, 0.2) is 29.1 Å². The van der Waals surface area contributed by atoms with Gasteiger partial charge >= 0.3 is 5.69 Å². The molecule has 2 atom stereocenters. The van der Waals surface area contributed by atoms with Crippen molar-refractivity contribution in [3.63, 3.8) is 0 Å². The zero-order valence-corrected chi connectivity index (χ0v) is 11.0. The lowest BCUT2D eigenvalue weighted by molar-refractivity contribution is 0.428. The number of aromatic nitrogens is 2. The second kappa shape index (κ2) is 3.67. The largest absolute Gasteiger partial charge is 0.493 e. The van der Waals surface area contributed by atoms with E-state index in [1.165, 1.54) is 4.57 Å². The Hall–Kier alpha value is -1.68. The number of fused-ring (bicyclic) bond motifs is 5. The van der Waals surface area contributed by atoms with Crippen LogP contribution < -0.4 is 5.69 Å². The van der Waals surface area contributed by atoms with Crippen LogP contribution in [0.4, 0.5) is 0 Å². The average molecular weight is 277 g/mol. The van der Waals surface area contributed by atoms with Gasteiger partial charge in [-0.25, -0.2) is 9.36 Å². The molecule has 19 heavy (non-hydrogen) atoms. The van der Waals surface area contributed by atoms with Crippen LogP contribution in [0, 0.1) is 0 Å². The van der Waals surface area contributed by atoms with Gasteiger partial charge in [0.25, 0.3) is 0 Å². The molecule has 0 saturated heterocycles. The highest BCUT2D eigenvalue weighted by atomic mass is 35.5. The Kier molecular flexibility index (Phi) is 2.16. The van der Waals surface area contributed by atoms with Crippen LogP contribution in [0.25, 0.3) is 5.69 Å². The molecule has 0 amide bonds. The minimum absolute atomic E-state index is 0.0828. The molecule has 1 fully saturated rings. The molecular weight excluding hydrogens is 264 g/mol. The summed E-state index contributed by atoms with van der Waals surface area (Å²) in [5, 5.41) is 10.9. The second-order valence-corrected chi connectivity index (χ2v) is 5.78. The van der Waals surface area contributed by atoms with Gasteiger partial charge in [0.05, 0.1) is 11.4 Å². The van der Waals surface area contributed by atoms with Crippen molar-refractivity contribution >= 4 is 11.6 Å². The van der Waals surface area contributed by atoms with Crippen molar-refractivity contribution in [2.75, 3.05) is 0 Å². The van der Waals surface area contributed by atoms with Crippen LogP contribution in [-0.4, -0.2) is 14.2 Å². The van der Waals surface area contributed by atoms with Gasteiger partial charge in [-0.05, 0) is 37.5 Å². The summed E-state index contributed by atoms with van der Waals surface area (Å²) in [6.45, 7) is 0. The molecule has 2 aliphatic rings. The number of imidazole rings is 1. The molecule has 0 spiro atoms. The minimum atomic E-state index is -0.151. The van der Waals surface area contributed by atoms with Crippen molar-refractivity contribution in [1.29, 1.82) is 0 Å². The maximum Gasteiger partial charge on any atom is 0.336 e. The number of halogens is 1. The van der Waals surface area contributed by atoms with Crippen molar-refractivity contribution in [1.82, 2.24) is 9.13 Å². The third-order valence-electron chi connectivity index (χ3n) is 4.32. The van der Waals surface area contributed by atoms with E-state index >= 15 is 0 Å².